The molecule has 0 saturated heterocycles. The summed E-state index contributed by atoms with van der Waals surface area (Å²) in [5, 5.41) is 0.321. The van der Waals surface area contributed by atoms with Crippen LogP contribution in [0.15, 0.2) is 48.8 Å². The Bertz CT molecular complexity index is 818. The molecule has 118 valence electrons. The minimum absolute atomic E-state index is 0.116. The standard InChI is InChI=1S/C19H19FN2O/c1-19(2,3)14-9-7-13(8-10-14)11-23-18-17-15(20)5-4-6-16(17)21-12-22-18/h4-10,12H,11H2,1-3H3. The van der Waals surface area contributed by atoms with Crippen molar-refractivity contribution in [3.8, 4) is 5.88 Å². The Balaban J connectivity index is 1.81. The van der Waals surface area contributed by atoms with Crippen LogP contribution >= 0.6 is 0 Å². The highest BCUT2D eigenvalue weighted by Crippen LogP contribution is 2.26. The average molecular weight is 310 g/mol. The van der Waals surface area contributed by atoms with Crippen LogP contribution in [0.1, 0.15) is 31.9 Å². The number of aromatic nitrogens is 2. The van der Waals surface area contributed by atoms with Gasteiger partial charge in [-0.05, 0) is 28.7 Å². The first-order valence-electron chi connectivity index (χ1n) is 7.56. The molecule has 0 aliphatic heterocycles. The Labute approximate surface area is 135 Å². The number of ether oxygens (including phenoxy) is 1. The Kier molecular flexibility index (Phi) is 3.99. The molecule has 0 aliphatic rings. The van der Waals surface area contributed by atoms with E-state index in [1.165, 1.54) is 18.0 Å². The second-order valence-corrected chi connectivity index (χ2v) is 6.55. The molecule has 2 aromatic carbocycles. The lowest BCUT2D eigenvalue weighted by molar-refractivity contribution is 0.296. The van der Waals surface area contributed by atoms with Crippen molar-refractivity contribution in [1.82, 2.24) is 9.97 Å². The zero-order valence-corrected chi connectivity index (χ0v) is 13.5. The third-order valence-electron chi connectivity index (χ3n) is 3.77. The summed E-state index contributed by atoms with van der Waals surface area (Å²) in [4.78, 5) is 8.13. The minimum atomic E-state index is -0.374. The van der Waals surface area contributed by atoms with E-state index < -0.39 is 0 Å². The lowest BCUT2D eigenvalue weighted by Gasteiger charge is -2.19. The topological polar surface area (TPSA) is 35.0 Å². The summed E-state index contributed by atoms with van der Waals surface area (Å²) in [6.07, 6.45) is 1.39. The predicted molar refractivity (Wildman–Crippen MR) is 89.0 cm³/mol. The third-order valence-corrected chi connectivity index (χ3v) is 3.77. The minimum Gasteiger partial charge on any atom is -0.472 e. The van der Waals surface area contributed by atoms with Gasteiger partial charge in [0.2, 0.25) is 5.88 Å². The van der Waals surface area contributed by atoms with Crippen LogP contribution in [0.5, 0.6) is 5.88 Å². The van der Waals surface area contributed by atoms with Crippen molar-refractivity contribution in [2.45, 2.75) is 32.8 Å². The predicted octanol–water partition coefficient (Wildman–Crippen LogP) is 4.65. The van der Waals surface area contributed by atoms with Crippen molar-refractivity contribution in [1.29, 1.82) is 0 Å². The number of benzene rings is 2. The summed E-state index contributed by atoms with van der Waals surface area (Å²) in [7, 11) is 0. The Morgan fingerprint density at radius 3 is 2.43 bits per heavy atom. The van der Waals surface area contributed by atoms with Crippen LogP contribution in [0.2, 0.25) is 0 Å². The van der Waals surface area contributed by atoms with Crippen molar-refractivity contribution in [3.05, 3.63) is 65.7 Å². The van der Waals surface area contributed by atoms with Gasteiger partial charge in [-0.3, -0.25) is 0 Å². The fraction of sp³-hybridized carbons (Fsp3) is 0.263. The highest BCUT2D eigenvalue weighted by atomic mass is 19.1. The van der Waals surface area contributed by atoms with Crippen LogP contribution in [-0.2, 0) is 12.0 Å². The monoisotopic (exact) mass is 310 g/mol. The Hall–Kier alpha value is -2.49. The Morgan fingerprint density at radius 1 is 1.00 bits per heavy atom. The largest absolute Gasteiger partial charge is 0.472 e. The zero-order valence-electron chi connectivity index (χ0n) is 13.5. The van der Waals surface area contributed by atoms with Crippen LogP contribution < -0.4 is 4.74 Å². The first kappa shape index (κ1) is 15.4. The van der Waals surface area contributed by atoms with Gasteiger partial charge in [0, 0.05) is 0 Å². The maximum absolute atomic E-state index is 14.0. The van der Waals surface area contributed by atoms with Gasteiger partial charge in [-0.25, -0.2) is 14.4 Å². The quantitative estimate of drug-likeness (QED) is 0.706. The van der Waals surface area contributed by atoms with E-state index in [0.717, 1.165) is 5.56 Å². The van der Waals surface area contributed by atoms with Gasteiger partial charge in [0.1, 0.15) is 18.8 Å². The van der Waals surface area contributed by atoms with E-state index in [2.05, 4.69) is 42.9 Å². The molecule has 23 heavy (non-hydrogen) atoms. The maximum Gasteiger partial charge on any atom is 0.227 e. The molecule has 0 spiro atoms. The number of halogens is 1. The molecule has 0 aliphatic carbocycles. The van der Waals surface area contributed by atoms with Gasteiger partial charge >= 0.3 is 0 Å². The summed E-state index contributed by atoms with van der Waals surface area (Å²) in [5.74, 6) is -0.103. The van der Waals surface area contributed by atoms with Gasteiger partial charge in [0.15, 0.2) is 0 Å². The Morgan fingerprint density at radius 2 is 1.74 bits per heavy atom. The van der Waals surface area contributed by atoms with Crippen LogP contribution in [0, 0.1) is 5.82 Å². The van der Waals surface area contributed by atoms with Gasteiger partial charge in [-0.2, -0.15) is 0 Å². The van der Waals surface area contributed by atoms with Crippen LogP contribution in [0.4, 0.5) is 4.39 Å². The molecule has 3 nitrogen and oxygen atoms in total. The van der Waals surface area contributed by atoms with Crippen LogP contribution in [-0.4, -0.2) is 9.97 Å². The molecular weight excluding hydrogens is 291 g/mol. The maximum atomic E-state index is 14.0. The smallest absolute Gasteiger partial charge is 0.227 e. The van der Waals surface area contributed by atoms with Crippen molar-refractivity contribution in [2.75, 3.05) is 0 Å². The fourth-order valence-corrected chi connectivity index (χ4v) is 2.40. The molecule has 3 rings (SSSR count). The summed E-state index contributed by atoms with van der Waals surface area (Å²) >= 11 is 0. The molecule has 3 aromatic rings. The van der Waals surface area contributed by atoms with Gasteiger partial charge < -0.3 is 4.74 Å². The lowest BCUT2D eigenvalue weighted by atomic mass is 9.87. The number of fused-ring (bicyclic) bond motifs is 1. The molecule has 0 fully saturated rings. The molecule has 4 heteroatoms. The summed E-state index contributed by atoms with van der Waals surface area (Å²) in [6, 6.07) is 13.0. The van der Waals surface area contributed by atoms with Gasteiger partial charge in [0.25, 0.3) is 0 Å². The molecule has 0 atom stereocenters. The number of hydrogen-bond acceptors (Lipinski definition) is 3. The second-order valence-electron chi connectivity index (χ2n) is 6.55. The van der Waals surface area contributed by atoms with Gasteiger partial charge in [0.05, 0.1) is 10.9 Å². The van der Waals surface area contributed by atoms with E-state index in [4.69, 9.17) is 4.74 Å². The first-order chi connectivity index (χ1) is 10.9. The molecular formula is C19H19FN2O. The molecule has 0 amide bonds. The third kappa shape index (κ3) is 3.31. The lowest BCUT2D eigenvalue weighted by Crippen LogP contribution is -2.10. The first-order valence-corrected chi connectivity index (χ1v) is 7.56. The van der Waals surface area contributed by atoms with Crippen molar-refractivity contribution in [2.24, 2.45) is 0 Å². The zero-order chi connectivity index (χ0) is 16.4. The molecule has 1 aromatic heterocycles. The highest BCUT2D eigenvalue weighted by Gasteiger charge is 2.13. The second kappa shape index (κ2) is 5.95. The molecule has 0 radical (unpaired) electrons. The van der Waals surface area contributed by atoms with Crippen molar-refractivity contribution < 1.29 is 9.13 Å². The molecule has 0 bridgehead atoms. The van der Waals surface area contributed by atoms with Crippen molar-refractivity contribution in [3.63, 3.8) is 0 Å². The normalized spacial score (nSPS) is 11.7. The van der Waals surface area contributed by atoms with E-state index in [1.54, 1.807) is 12.1 Å². The van der Waals surface area contributed by atoms with Gasteiger partial charge in [-0.15, -0.1) is 0 Å². The number of nitrogens with zero attached hydrogens (tertiary/aromatic N) is 2. The summed E-state index contributed by atoms with van der Waals surface area (Å²) in [6.45, 7) is 6.86. The highest BCUT2D eigenvalue weighted by molar-refractivity contribution is 5.83. The van der Waals surface area contributed by atoms with E-state index in [9.17, 15) is 4.39 Å². The number of rotatable bonds is 3. The van der Waals surface area contributed by atoms with Gasteiger partial charge in [-0.1, -0.05) is 51.1 Å². The molecule has 0 saturated carbocycles. The van der Waals surface area contributed by atoms with Crippen molar-refractivity contribution >= 4 is 10.9 Å². The SMILES string of the molecule is CC(C)(C)c1ccc(COc2ncnc3cccc(F)c23)cc1. The van der Waals surface area contributed by atoms with E-state index in [1.807, 2.05) is 12.1 Å². The fourth-order valence-electron chi connectivity index (χ4n) is 2.40. The average Bonchev–Trinajstić information content (AvgIpc) is 2.52. The molecule has 1 heterocycles. The van der Waals surface area contributed by atoms with E-state index >= 15 is 0 Å². The summed E-state index contributed by atoms with van der Waals surface area (Å²) < 4.78 is 19.7. The van der Waals surface area contributed by atoms with Crippen LogP contribution in [0.25, 0.3) is 10.9 Å². The molecule has 0 N–H and O–H groups in total. The summed E-state index contributed by atoms with van der Waals surface area (Å²) in [5.41, 5.74) is 2.93. The van der Waals surface area contributed by atoms with E-state index in [0.29, 0.717) is 17.5 Å². The van der Waals surface area contributed by atoms with E-state index in [-0.39, 0.29) is 17.1 Å². The van der Waals surface area contributed by atoms with Crippen LogP contribution in [0.3, 0.4) is 0 Å². The molecule has 0 unspecified atom stereocenters. The number of hydrogen-bond donors (Lipinski definition) is 0.